The molecule has 1 unspecified atom stereocenters. The van der Waals surface area contributed by atoms with Crippen LogP contribution in [0.4, 0.5) is 4.39 Å². The van der Waals surface area contributed by atoms with Gasteiger partial charge in [0.2, 0.25) is 10.0 Å². The molecule has 0 aromatic heterocycles. The quantitative estimate of drug-likeness (QED) is 0.555. The van der Waals surface area contributed by atoms with Crippen molar-refractivity contribution in [3.8, 4) is 5.75 Å². The van der Waals surface area contributed by atoms with Gasteiger partial charge in [0.25, 0.3) is 0 Å². The van der Waals surface area contributed by atoms with Crippen LogP contribution < -0.4 is 14.8 Å². The minimum absolute atomic E-state index is 0.0482. The molecule has 1 aromatic carbocycles. The predicted molar refractivity (Wildman–Crippen MR) is 90.8 cm³/mol. The molecular weight excluding hydrogens is 351 g/mol. The highest BCUT2D eigenvalue weighted by Gasteiger charge is 2.19. The summed E-state index contributed by atoms with van der Waals surface area (Å²) in [5.74, 6) is -0.401. The van der Waals surface area contributed by atoms with Gasteiger partial charge in [-0.25, -0.2) is 17.5 Å². The second kappa shape index (κ2) is 10.0. The Kier molecular flexibility index (Phi) is 8.04. The van der Waals surface area contributed by atoms with Gasteiger partial charge in [-0.3, -0.25) is 0 Å². The SMILES string of the molecule is COCCNCCNS(=O)(=O)c1ccc(OCC2CCOC2)c(F)c1. The molecule has 1 aliphatic heterocycles. The van der Waals surface area contributed by atoms with Crippen LogP contribution in [-0.2, 0) is 19.5 Å². The third-order valence-corrected chi connectivity index (χ3v) is 5.25. The summed E-state index contributed by atoms with van der Waals surface area (Å²) in [6.07, 6.45) is 0.885. The summed E-state index contributed by atoms with van der Waals surface area (Å²) in [6, 6.07) is 3.65. The standard InChI is InChI=1S/C16H25FN2O5S/c1-22-9-7-18-5-6-19-25(20,21)14-2-3-16(15(17)10-14)24-12-13-4-8-23-11-13/h2-3,10,13,18-19H,4-9,11-12H2,1H3. The van der Waals surface area contributed by atoms with E-state index in [0.717, 1.165) is 12.5 Å². The molecule has 142 valence electrons. The molecule has 0 saturated carbocycles. The molecule has 1 fully saturated rings. The first-order valence-electron chi connectivity index (χ1n) is 8.22. The zero-order valence-electron chi connectivity index (χ0n) is 14.3. The molecule has 0 amide bonds. The maximum atomic E-state index is 14.1. The summed E-state index contributed by atoms with van der Waals surface area (Å²) in [6.45, 7) is 3.49. The first-order valence-corrected chi connectivity index (χ1v) is 9.70. The van der Waals surface area contributed by atoms with Gasteiger partial charge < -0.3 is 19.5 Å². The van der Waals surface area contributed by atoms with Gasteiger partial charge in [0, 0.05) is 39.3 Å². The van der Waals surface area contributed by atoms with E-state index >= 15 is 0 Å². The number of nitrogens with one attached hydrogen (secondary N) is 2. The van der Waals surface area contributed by atoms with Gasteiger partial charge in [-0.1, -0.05) is 0 Å². The lowest BCUT2D eigenvalue weighted by Gasteiger charge is -2.12. The minimum atomic E-state index is -3.76. The minimum Gasteiger partial charge on any atom is -0.490 e. The van der Waals surface area contributed by atoms with Gasteiger partial charge in [0.1, 0.15) is 0 Å². The molecule has 9 heteroatoms. The Morgan fingerprint density at radius 2 is 2.16 bits per heavy atom. The van der Waals surface area contributed by atoms with Crippen molar-refractivity contribution in [1.29, 1.82) is 0 Å². The van der Waals surface area contributed by atoms with E-state index in [4.69, 9.17) is 14.2 Å². The Hall–Kier alpha value is -1.26. The van der Waals surface area contributed by atoms with Gasteiger partial charge in [0.05, 0.1) is 24.7 Å². The lowest BCUT2D eigenvalue weighted by atomic mass is 10.1. The van der Waals surface area contributed by atoms with Crippen molar-refractivity contribution >= 4 is 10.0 Å². The average Bonchev–Trinajstić information content (AvgIpc) is 3.10. The zero-order valence-corrected chi connectivity index (χ0v) is 15.1. The predicted octanol–water partition coefficient (Wildman–Crippen LogP) is 0.755. The van der Waals surface area contributed by atoms with Crippen molar-refractivity contribution in [3.63, 3.8) is 0 Å². The monoisotopic (exact) mass is 376 g/mol. The van der Waals surface area contributed by atoms with Gasteiger partial charge in [-0.15, -0.1) is 0 Å². The summed E-state index contributed by atoms with van der Waals surface area (Å²) >= 11 is 0. The van der Waals surface area contributed by atoms with E-state index in [9.17, 15) is 12.8 Å². The summed E-state index contributed by atoms with van der Waals surface area (Å²) in [7, 11) is -2.17. The Morgan fingerprint density at radius 3 is 2.84 bits per heavy atom. The van der Waals surface area contributed by atoms with Crippen LogP contribution in [0, 0.1) is 11.7 Å². The van der Waals surface area contributed by atoms with Gasteiger partial charge in [-0.2, -0.15) is 0 Å². The normalized spacial score (nSPS) is 17.8. The third-order valence-electron chi connectivity index (χ3n) is 3.79. The van der Waals surface area contributed by atoms with Crippen molar-refractivity contribution < 1.29 is 27.0 Å². The van der Waals surface area contributed by atoms with E-state index in [1.165, 1.54) is 12.1 Å². The maximum absolute atomic E-state index is 14.1. The largest absolute Gasteiger partial charge is 0.490 e. The Balaban J connectivity index is 1.84. The van der Waals surface area contributed by atoms with Gasteiger partial charge in [0.15, 0.2) is 11.6 Å². The first-order chi connectivity index (χ1) is 12.0. The van der Waals surface area contributed by atoms with E-state index in [-0.39, 0.29) is 23.1 Å². The Labute approximate surface area is 147 Å². The van der Waals surface area contributed by atoms with Crippen molar-refractivity contribution in [2.45, 2.75) is 11.3 Å². The topological polar surface area (TPSA) is 85.9 Å². The molecular formula is C16H25FN2O5S. The van der Waals surface area contributed by atoms with E-state index in [2.05, 4.69) is 10.0 Å². The summed E-state index contributed by atoms with van der Waals surface area (Å²) in [4.78, 5) is -0.126. The van der Waals surface area contributed by atoms with E-state index < -0.39 is 15.8 Å². The number of hydrogen-bond donors (Lipinski definition) is 2. The second-order valence-electron chi connectivity index (χ2n) is 5.77. The molecule has 7 nitrogen and oxygen atoms in total. The van der Waals surface area contributed by atoms with E-state index in [1.54, 1.807) is 7.11 Å². The Bertz CT molecular complexity index is 635. The third kappa shape index (κ3) is 6.52. The van der Waals surface area contributed by atoms with Crippen LogP contribution in [0.1, 0.15) is 6.42 Å². The number of ether oxygens (including phenoxy) is 3. The molecule has 25 heavy (non-hydrogen) atoms. The number of halogens is 1. The maximum Gasteiger partial charge on any atom is 0.240 e. The molecule has 2 N–H and O–H groups in total. The molecule has 1 aliphatic rings. The number of benzene rings is 1. The van der Waals surface area contributed by atoms with Crippen LogP contribution in [0.15, 0.2) is 23.1 Å². The summed E-state index contributed by atoms with van der Waals surface area (Å²) < 4.78 is 56.4. The molecule has 0 aliphatic carbocycles. The molecule has 1 heterocycles. The number of sulfonamides is 1. The summed E-state index contributed by atoms with van der Waals surface area (Å²) in [5.41, 5.74) is 0. The van der Waals surface area contributed by atoms with Crippen molar-refractivity contribution in [3.05, 3.63) is 24.0 Å². The lowest BCUT2D eigenvalue weighted by molar-refractivity contribution is 0.165. The Morgan fingerprint density at radius 1 is 1.32 bits per heavy atom. The van der Waals surface area contributed by atoms with Crippen molar-refractivity contribution in [1.82, 2.24) is 10.0 Å². The molecule has 1 aromatic rings. The number of rotatable bonds is 11. The van der Waals surface area contributed by atoms with Crippen LogP contribution in [0.3, 0.4) is 0 Å². The molecule has 1 atom stereocenters. The van der Waals surface area contributed by atoms with Crippen LogP contribution in [-0.4, -0.2) is 61.6 Å². The number of hydrogen-bond acceptors (Lipinski definition) is 6. The molecule has 0 bridgehead atoms. The van der Waals surface area contributed by atoms with Crippen LogP contribution in [0.2, 0.25) is 0 Å². The highest BCUT2D eigenvalue weighted by atomic mass is 32.2. The highest BCUT2D eigenvalue weighted by molar-refractivity contribution is 7.89. The van der Waals surface area contributed by atoms with Gasteiger partial charge in [-0.05, 0) is 24.6 Å². The highest BCUT2D eigenvalue weighted by Crippen LogP contribution is 2.22. The van der Waals surface area contributed by atoms with Gasteiger partial charge >= 0.3 is 0 Å². The zero-order chi connectivity index (χ0) is 18.1. The average molecular weight is 376 g/mol. The smallest absolute Gasteiger partial charge is 0.240 e. The fraction of sp³-hybridized carbons (Fsp3) is 0.625. The molecule has 2 rings (SSSR count). The summed E-state index contributed by atoms with van der Waals surface area (Å²) in [5, 5.41) is 3.02. The van der Waals surface area contributed by atoms with E-state index in [1.807, 2.05) is 0 Å². The second-order valence-corrected chi connectivity index (χ2v) is 7.54. The fourth-order valence-corrected chi connectivity index (χ4v) is 3.39. The lowest BCUT2D eigenvalue weighted by Crippen LogP contribution is -2.33. The van der Waals surface area contributed by atoms with Crippen LogP contribution >= 0.6 is 0 Å². The molecule has 0 spiro atoms. The van der Waals surface area contributed by atoms with Crippen molar-refractivity contribution in [2.75, 3.05) is 53.2 Å². The first kappa shape index (κ1) is 20.1. The van der Waals surface area contributed by atoms with Crippen LogP contribution in [0.5, 0.6) is 5.75 Å². The van der Waals surface area contributed by atoms with E-state index in [0.29, 0.717) is 39.5 Å². The number of methoxy groups -OCH3 is 1. The van der Waals surface area contributed by atoms with Crippen LogP contribution in [0.25, 0.3) is 0 Å². The fourth-order valence-electron chi connectivity index (χ4n) is 2.34. The molecule has 0 radical (unpaired) electrons. The van der Waals surface area contributed by atoms with Crippen molar-refractivity contribution in [2.24, 2.45) is 5.92 Å². The molecule has 1 saturated heterocycles.